The number of nitrogens with one attached hydrogen (secondary N) is 1. The van der Waals surface area contributed by atoms with Crippen LogP contribution in [0.2, 0.25) is 0 Å². The molecule has 0 fully saturated rings. The van der Waals surface area contributed by atoms with Crippen LogP contribution in [0.25, 0.3) is 0 Å². The van der Waals surface area contributed by atoms with Crippen LogP contribution in [0.3, 0.4) is 0 Å². The van der Waals surface area contributed by atoms with Crippen LogP contribution in [0.15, 0.2) is 48.6 Å². The van der Waals surface area contributed by atoms with Crippen molar-refractivity contribution in [2.24, 2.45) is 0 Å². The number of hydrogen-bond donors (Lipinski definition) is 3. The molecular formula is C45H83NO5S. The number of aliphatic hydroxyl groups is 1. The largest absolute Gasteiger partial charge is 0.387 e. The van der Waals surface area contributed by atoms with Gasteiger partial charge in [-0.25, -0.2) is 0 Å². The van der Waals surface area contributed by atoms with E-state index in [9.17, 15) is 22.9 Å². The molecule has 0 saturated heterocycles. The van der Waals surface area contributed by atoms with Crippen molar-refractivity contribution >= 4 is 16.0 Å². The Morgan fingerprint density at radius 2 is 0.885 bits per heavy atom. The second kappa shape index (κ2) is 39.0. The SMILES string of the molecule is CCCCCCC/C=C\C/C=C\CCCCCCCCCCCCCC(=O)NC(CS(=O)(=O)O)C(O)/C=C/CC/C=C/CCCCCCCCCC. The monoisotopic (exact) mass is 750 g/mol. The zero-order valence-corrected chi connectivity index (χ0v) is 34.7. The third kappa shape index (κ3) is 39.5. The molecule has 0 aromatic carbocycles. The van der Waals surface area contributed by atoms with E-state index in [1.54, 1.807) is 0 Å². The predicted octanol–water partition coefficient (Wildman–Crippen LogP) is 13.1. The Kier molecular flexibility index (Phi) is 37.7. The van der Waals surface area contributed by atoms with Gasteiger partial charge in [-0.05, 0) is 64.2 Å². The quantitative estimate of drug-likeness (QED) is 0.0330. The molecule has 304 valence electrons. The summed E-state index contributed by atoms with van der Waals surface area (Å²) in [7, 11) is -4.35. The molecule has 3 N–H and O–H groups in total. The van der Waals surface area contributed by atoms with Crippen molar-refractivity contribution < 1.29 is 22.9 Å². The van der Waals surface area contributed by atoms with E-state index in [-0.39, 0.29) is 12.3 Å². The van der Waals surface area contributed by atoms with E-state index in [1.807, 2.05) is 6.08 Å². The van der Waals surface area contributed by atoms with Gasteiger partial charge in [-0.3, -0.25) is 9.35 Å². The van der Waals surface area contributed by atoms with Crippen LogP contribution < -0.4 is 5.32 Å². The predicted molar refractivity (Wildman–Crippen MR) is 225 cm³/mol. The normalized spacial score (nSPS) is 13.7. The number of unbranched alkanes of at least 4 members (excludes halogenated alkanes) is 25. The summed E-state index contributed by atoms with van der Waals surface area (Å²) < 4.78 is 32.5. The Balaban J connectivity index is 3.88. The highest BCUT2D eigenvalue weighted by Crippen LogP contribution is 2.14. The van der Waals surface area contributed by atoms with Crippen LogP contribution in [0.5, 0.6) is 0 Å². The minimum Gasteiger partial charge on any atom is -0.387 e. The second-order valence-electron chi connectivity index (χ2n) is 15.0. The summed E-state index contributed by atoms with van der Waals surface area (Å²) in [6.07, 6.45) is 52.5. The molecule has 2 atom stereocenters. The van der Waals surface area contributed by atoms with Crippen LogP contribution in [-0.2, 0) is 14.9 Å². The van der Waals surface area contributed by atoms with Gasteiger partial charge in [0, 0.05) is 6.42 Å². The summed E-state index contributed by atoms with van der Waals surface area (Å²) in [5.74, 6) is -1.00. The number of hydrogen-bond acceptors (Lipinski definition) is 4. The molecule has 0 spiro atoms. The molecule has 0 aliphatic rings. The van der Waals surface area contributed by atoms with Gasteiger partial charge in [-0.15, -0.1) is 0 Å². The maximum Gasteiger partial charge on any atom is 0.267 e. The third-order valence-corrected chi connectivity index (χ3v) is 10.5. The lowest BCUT2D eigenvalue weighted by atomic mass is 10.0. The number of aliphatic hydroxyl groups excluding tert-OH is 1. The van der Waals surface area contributed by atoms with Crippen LogP contribution in [0.4, 0.5) is 0 Å². The first-order valence-corrected chi connectivity index (χ1v) is 23.4. The van der Waals surface area contributed by atoms with E-state index >= 15 is 0 Å². The van der Waals surface area contributed by atoms with Gasteiger partial charge in [0.05, 0.1) is 17.9 Å². The maximum atomic E-state index is 12.5. The summed E-state index contributed by atoms with van der Waals surface area (Å²) in [4.78, 5) is 12.5. The highest BCUT2D eigenvalue weighted by atomic mass is 32.2. The van der Waals surface area contributed by atoms with E-state index in [4.69, 9.17) is 0 Å². The average Bonchev–Trinajstić information content (AvgIpc) is 3.11. The van der Waals surface area contributed by atoms with Gasteiger partial charge >= 0.3 is 0 Å². The van der Waals surface area contributed by atoms with E-state index in [1.165, 1.54) is 154 Å². The molecule has 2 unspecified atom stereocenters. The van der Waals surface area contributed by atoms with Crippen LogP contribution >= 0.6 is 0 Å². The number of carbonyl (C=O) groups is 1. The van der Waals surface area contributed by atoms with Gasteiger partial charge in [0.1, 0.15) is 0 Å². The number of allylic oxidation sites excluding steroid dienone is 7. The number of carbonyl (C=O) groups excluding carboxylic acids is 1. The highest BCUT2D eigenvalue weighted by Gasteiger charge is 2.24. The smallest absolute Gasteiger partial charge is 0.267 e. The Morgan fingerprint density at radius 1 is 0.519 bits per heavy atom. The van der Waals surface area contributed by atoms with Crippen molar-refractivity contribution in [3.8, 4) is 0 Å². The van der Waals surface area contributed by atoms with Gasteiger partial charge < -0.3 is 10.4 Å². The van der Waals surface area contributed by atoms with E-state index in [2.05, 4.69) is 55.6 Å². The summed E-state index contributed by atoms with van der Waals surface area (Å²) in [5, 5.41) is 13.2. The fourth-order valence-electron chi connectivity index (χ4n) is 6.44. The Labute approximate surface area is 322 Å². The molecule has 0 aromatic heterocycles. The number of rotatable bonds is 39. The van der Waals surface area contributed by atoms with E-state index in [0.29, 0.717) is 6.42 Å². The van der Waals surface area contributed by atoms with Crippen LogP contribution in [-0.4, -0.2) is 41.9 Å². The van der Waals surface area contributed by atoms with Crippen molar-refractivity contribution in [2.75, 3.05) is 5.75 Å². The molecule has 6 nitrogen and oxygen atoms in total. The van der Waals surface area contributed by atoms with Crippen molar-refractivity contribution in [2.45, 2.75) is 225 Å². The molecule has 0 aliphatic carbocycles. The Hall–Kier alpha value is -1.70. The van der Waals surface area contributed by atoms with E-state index in [0.717, 1.165) is 38.5 Å². The molecular weight excluding hydrogens is 667 g/mol. The van der Waals surface area contributed by atoms with Crippen LogP contribution in [0, 0.1) is 0 Å². The molecule has 0 bridgehead atoms. The van der Waals surface area contributed by atoms with Gasteiger partial charge in [0.2, 0.25) is 5.91 Å². The molecule has 1 amide bonds. The summed E-state index contributed by atoms with van der Waals surface area (Å²) in [5.41, 5.74) is 0. The second-order valence-corrected chi connectivity index (χ2v) is 16.5. The Morgan fingerprint density at radius 3 is 1.33 bits per heavy atom. The highest BCUT2D eigenvalue weighted by molar-refractivity contribution is 7.85. The molecule has 52 heavy (non-hydrogen) atoms. The van der Waals surface area contributed by atoms with Gasteiger partial charge in [0.25, 0.3) is 10.1 Å². The summed E-state index contributed by atoms with van der Waals surface area (Å²) in [6.45, 7) is 4.51. The summed E-state index contributed by atoms with van der Waals surface area (Å²) >= 11 is 0. The Bertz CT molecular complexity index is 1000. The average molecular weight is 750 g/mol. The van der Waals surface area contributed by atoms with Crippen LogP contribution in [0.1, 0.15) is 213 Å². The molecule has 0 heterocycles. The van der Waals surface area contributed by atoms with E-state index < -0.39 is 28.0 Å². The third-order valence-electron chi connectivity index (χ3n) is 9.73. The zero-order chi connectivity index (χ0) is 38.2. The van der Waals surface area contributed by atoms with Crippen molar-refractivity contribution in [1.29, 1.82) is 0 Å². The molecule has 0 radical (unpaired) electrons. The number of amides is 1. The lowest BCUT2D eigenvalue weighted by Crippen LogP contribution is -2.46. The molecule has 0 aliphatic heterocycles. The maximum absolute atomic E-state index is 12.5. The van der Waals surface area contributed by atoms with Gasteiger partial charge in [-0.1, -0.05) is 191 Å². The molecule has 0 saturated carbocycles. The topological polar surface area (TPSA) is 104 Å². The zero-order valence-electron chi connectivity index (χ0n) is 33.9. The van der Waals surface area contributed by atoms with Gasteiger partial charge in [-0.2, -0.15) is 8.42 Å². The fourth-order valence-corrected chi connectivity index (χ4v) is 7.17. The summed E-state index contributed by atoms with van der Waals surface area (Å²) in [6, 6.07) is -1.07. The minimum atomic E-state index is -4.35. The van der Waals surface area contributed by atoms with Crippen molar-refractivity contribution in [3.05, 3.63) is 48.6 Å². The lowest BCUT2D eigenvalue weighted by Gasteiger charge is -2.21. The van der Waals surface area contributed by atoms with Gasteiger partial charge in [0.15, 0.2) is 0 Å². The standard InChI is InChI=1S/C45H83NO5S/c1-3-5-7-9-11-13-15-17-19-20-21-22-23-24-25-26-27-29-31-33-35-37-39-41-45(48)46-43(42-52(49,50)51)44(47)40-38-36-34-32-30-28-18-16-14-12-10-8-6-4-2/h15,17,20-21,30,32,38,40,43-44,47H,3-14,16,18-19,22-29,31,33-37,39,41-42H2,1-2H3,(H,46,48)(H,49,50,51)/b17-15-,21-20-,32-30+,40-38+. The molecule has 7 heteroatoms. The first kappa shape index (κ1) is 50.3. The molecule has 0 aromatic rings. The van der Waals surface area contributed by atoms with Crippen molar-refractivity contribution in [3.63, 3.8) is 0 Å². The van der Waals surface area contributed by atoms with Crippen molar-refractivity contribution in [1.82, 2.24) is 5.32 Å². The minimum absolute atomic E-state index is 0.285. The fraction of sp³-hybridized carbons (Fsp3) is 0.800. The lowest BCUT2D eigenvalue weighted by molar-refractivity contribution is -0.122. The first-order valence-electron chi connectivity index (χ1n) is 21.8. The first-order chi connectivity index (χ1) is 25.3. The molecule has 0 rings (SSSR count).